The largest absolute Gasteiger partial charge is 0.417 e. The molecule has 0 radical (unpaired) electrons. The molecule has 8 nitrogen and oxygen atoms in total. The van der Waals surface area contributed by atoms with Crippen LogP contribution in [-0.2, 0) is 6.42 Å². The Bertz CT molecular complexity index is 986. The number of hydrogen-bond donors (Lipinski definition) is 1. The molecule has 1 N–H and O–H groups in total. The average molecular weight is 295 g/mol. The lowest BCUT2D eigenvalue weighted by Gasteiger charge is -1.95. The van der Waals surface area contributed by atoms with Gasteiger partial charge in [0.2, 0.25) is 11.7 Å². The van der Waals surface area contributed by atoms with Gasteiger partial charge in [-0.2, -0.15) is 4.98 Å². The second kappa shape index (κ2) is 4.92. The van der Waals surface area contributed by atoms with Gasteiger partial charge in [-0.3, -0.25) is 4.98 Å². The summed E-state index contributed by atoms with van der Waals surface area (Å²) in [5, 5.41) is 3.90. The molecule has 0 bridgehead atoms. The summed E-state index contributed by atoms with van der Waals surface area (Å²) >= 11 is 0. The first-order valence-electron chi connectivity index (χ1n) is 6.49. The summed E-state index contributed by atoms with van der Waals surface area (Å²) in [6.07, 6.45) is 3.48. The molecule has 3 aromatic heterocycles. The van der Waals surface area contributed by atoms with Crippen LogP contribution in [0.4, 0.5) is 0 Å². The van der Waals surface area contributed by atoms with Gasteiger partial charge in [-0.1, -0.05) is 11.2 Å². The van der Waals surface area contributed by atoms with Crippen LogP contribution >= 0.6 is 0 Å². The Morgan fingerprint density at radius 2 is 2.18 bits per heavy atom. The van der Waals surface area contributed by atoms with Gasteiger partial charge in [-0.15, -0.1) is 0 Å². The van der Waals surface area contributed by atoms with Crippen molar-refractivity contribution in [2.45, 2.75) is 6.42 Å². The van der Waals surface area contributed by atoms with Gasteiger partial charge < -0.3 is 8.94 Å². The van der Waals surface area contributed by atoms with Crippen molar-refractivity contribution in [3.05, 3.63) is 58.8 Å². The van der Waals surface area contributed by atoms with E-state index in [9.17, 15) is 4.79 Å². The second-order valence-corrected chi connectivity index (χ2v) is 4.63. The third-order valence-electron chi connectivity index (χ3n) is 3.12. The minimum absolute atomic E-state index is 0.412. The van der Waals surface area contributed by atoms with Crippen LogP contribution in [0.2, 0.25) is 0 Å². The van der Waals surface area contributed by atoms with Gasteiger partial charge in [0.15, 0.2) is 5.58 Å². The maximum absolute atomic E-state index is 11.1. The van der Waals surface area contributed by atoms with E-state index in [0.29, 0.717) is 34.9 Å². The Kier molecular flexibility index (Phi) is 2.78. The standard InChI is InChI=1S/C14H9N5O3/c20-14-17-10-5-8(1-2-11(10)21-14)6-12-18-13(19-22-12)9-3-4-15-7-16-9/h1-5,7H,6H2,(H,17,20). The summed E-state index contributed by atoms with van der Waals surface area (Å²) in [4.78, 5) is 26.0. The lowest BCUT2D eigenvalue weighted by molar-refractivity contribution is 0.385. The summed E-state index contributed by atoms with van der Waals surface area (Å²) in [5.74, 6) is 0.394. The molecule has 108 valence electrons. The molecular formula is C14H9N5O3. The number of benzene rings is 1. The molecule has 0 saturated heterocycles. The van der Waals surface area contributed by atoms with E-state index in [4.69, 9.17) is 8.94 Å². The quantitative estimate of drug-likeness (QED) is 0.610. The van der Waals surface area contributed by atoms with Crippen LogP contribution in [0.15, 0.2) is 50.5 Å². The molecular weight excluding hydrogens is 286 g/mol. The number of hydrogen-bond acceptors (Lipinski definition) is 7. The maximum Gasteiger partial charge on any atom is 0.417 e. The van der Waals surface area contributed by atoms with Gasteiger partial charge in [0.1, 0.15) is 12.0 Å². The molecule has 0 fully saturated rings. The first-order valence-corrected chi connectivity index (χ1v) is 6.49. The molecule has 0 spiro atoms. The Balaban J connectivity index is 1.62. The number of rotatable bonds is 3. The van der Waals surface area contributed by atoms with E-state index in [1.54, 1.807) is 18.3 Å². The first kappa shape index (κ1) is 12.5. The Morgan fingerprint density at radius 1 is 1.23 bits per heavy atom. The molecule has 0 aliphatic rings. The zero-order valence-electron chi connectivity index (χ0n) is 11.2. The second-order valence-electron chi connectivity index (χ2n) is 4.63. The molecule has 1 aromatic carbocycles. The monoisotopic (exact) mass is 295 g/mol. The Morgan fingerprint density at radius 3 is 3.05 bits per heavy atom. The summed E-state index contributed by atoms with van der Waals surface area (Å²) in [6, 6.07) is 7.09. The van der Waals surface area contributed by atoms with E-state index < -0.39 is 5.76 Å². The smallest absolute Gasteiger partial charge is 0.408 e. The highest BCUT2D eigenvalue weighted by atomic mass is 16.5. The maximum atomic E-state index is 11.1. The number of aromatic amines is 1. The van der Waals surface area contributed by atoms with Crippen molar-refractivity contribution in [1.82, 2.24) is 25.1 Å². The fraction of sp³-hybridized carbons (Fsp3) is 0.0714. The molecule has 0 saturated carbocycles. The molecule has 3 heterocycles. The number of H-pyrrole nitrogens is 1. The van der Waals surface area contributed by atoms with Gasteiger partial charge in [0.25, 0.3) is 0 Å². The van der Waals surface area contributed by atoms with Crippen LogP contribution in [0.25, 0.3) is 22.6 Å². The van der Waals surface area contributed by atoms with Crippen molar-refractivity contribution < 1.29 is 8.94 Å². The summed E-state index contributed by atoms with van der Waals surface area (Å²) in [5.41, 5.74) is 2.67. The average Bonchev–Trinajstić information content (AvgIpc) is 3.13. The van der Waals surface area contributed by atoms with Gasteiger partial charge in [-0.05, 0) is 23.8 Å². The first-order chi connectivity index (χ1) is 10.8. The van der Waals surface area contributed by atoms with Crippen molar-refractivity contribution in [2.75, 3.05) is 0 Å². The highest BCUT2D eigenvalue weighted by Gasteiger charge is 2.11. The highest BCUT2D eigenvalue weighted by Crippen LogP contribution is 2.17. The number of nitrogens with zero attached hydrogens (tertiary/aromatic N) is 4. The molecule has 0 unspecified atom stereocenters. The zero-order valence-corrected chi connectivity index (χ0v) is 11.2. The van der Waals surface area contributed by atoms with E-state index in [0.717, 1.165) is 5.56 Å². The van der Waals surface area contributed by atoms with E-state index in [2.05, 4.69) is 25.1 Å². The van der Waals surface area contributed by atoms with E-state index in [1.165, 1.54) is 6.33 Å². The number of aromatic nitrogens is 5. The van der Waals surface area contributed by atoms with Crippen LogP contribution in [0.5, 0.6) is 0 Å². The van der Waals surface area contributed by atoms with Crippen LogP contribution in [0, 0.1) is 0 Å². The lowest BCUT2D eigenvalue weighted by atomic mass is 10.1. The minimum Gasteiger partial charge on any atom is -0.408 e. The molecule has 0 aliphatic carbocycles. The van der Waals surface area contributed by atoms with Crippen molar-refractivity contribution in [2.24, 2.45) is 0 Å². The molecule has 22 heavy (non-hydrogen) atoms. The van der Waals surface area contributed by atoms with Crippen LogP contribution in [0.1, 0.15) is 11.5 Å². The van der Waals surface area contributed by atoms with E-state index >= 15 is 0 Å². The Labute approximate surface area is 122 Å². The molecule has 0 aliphatic heterocycles. The summed E-state index contributed by atoms with van der Waals surface area (Å²) in [6.45, 7) is 0. The minimum atomic E-state index is -0.476. The van der Waals surface area contributed by atoms with E-state index in [-0.39, 0.29) is 0 Å². The Hall–Kier alpha value is -3.29. The predicted molar refractivity (Wildman–Crippen MR) is 75.0 cm³/mol. The molecule has 4 rings (SSSR count). The molecule has 8 heteroatoms. The number of nitrogens with one attached hydrogen (secondary N) is 1. The fourth-order valence-electron chi connectivity index (χ4n) is 2.14. The van der Waals surface area contributed by atoms with Crippen molar-refractivity contribution >= 4 is 11.1 Å². The number of fused-ring (bicyclic) bond motifs is 1. The van der Waals surface area contributed by atoms with E-state index in [1.807, 2.05) is 12.1 Å². The van der Waals surface area contributed by atoms with Crippen LogP contribution in [0.3, 0.4) is 0 Å². The van der Waals surface area contributed by atoms with Crippen molar-refractivity contribution in [3.63, 3.8) is 0 Å². The van der Waals surface area contributed by atoms with Gasteiger partial charge >= 0.3 is 5.76 Å². The van der Waals surface area contributed by atoms with Gasteiger partial charge in [0, 0.05) is 6.20 Å². The highest BCUT2D eigenvalue weighted by molar-refractivity contribution is 5.72. The molecule has 4 aromatic rings. The van der Waals surface area contributed by atoms with Crippen LogP contribution in [-0.4, -0.2) is 25.1 Å². The summed E-state index contributed by atoms with van der Waals surface area (Å²) < 4.78 is 10.2. The van der Waals surface area contributed by atoms with Crippen molar-refractivity contribution in [3.8, 4) is 11.5 Å². The third kappa shape index (κ3) is 2.26. The van der Waals surface area contributed by atoms with Gasteiger partial charge in [0.05, 0.1) is 11.9 Å². The van der Waals surface area contributed by atoms with Crippen LogP contribution < -0.4 is 5.76 Å². The normalized spacial score (nSPS) is 11.1. The summed E-state index contributed by atoms with van der Waals surface area (Å²) in [7, 11) is 0. The number of oxazole rings is 1. The molecule has 0 amide bonds. The SMILES string of the molecule is O=c1[nH]c2cc(Cc3nc(-c4ccncn4)no3)ccc2o1. The topological polar surface area (TPSA) is 111 Å². The molecule has 0 atom stereocenters. The lowest BCUT2D eigenvalue weighted by Crippen LogP contribution is -1.93. The van der Waals surface area contributed by atoms with Gasteiger partial charge in [-0.25, -0.2) is 14.8 Å². The predicted octanol–water partition coefficient (Wildman–Crippen LogP) is 1.55. The third-order valence-corrected chi connectivity index (χ3v) is 3.12. The fourth-order valence-corrected chi connectivity index (χ4v) is 2.14. The zero-order chi connectivity index (χ0) is 14.9. The van der Waals surface area contributed by atoms with Crippen molar-refractivity contribution in [1.29, 1.82) is 0 Å².